The van der Waals surface area contributed by atoms with Crippen LogP contribution in [0.25, 0.3) is 0 Å². The van der Waals surface area contributed by atoms with E-state index in [-0.39, 0.29) is 41.4 Å². The standard InChI is InChI=1S/C14H21N3O4.ClH/c1-9(2)6-11(8-15)16-14(18)10-4-5-13(21-3)12(7-10)17(19)20;/h4-5,7,9,11H,6,8,15H2,1-3H3,(H,16,18);1H. The van der Waals surface area contributed by atoms with E-state index in [1.54, 1.807) is 0 Å². The van der Waals surface area contributed by atoms with Gasteiger partial charge in [0, 0.05) is 24.2 Å². The Morgan fingerprint density at radius 1 is 1.45 bits per heavy atom. The lowest BCUT2D eigenvalue weighted by molar-refractivity contribution is -0.385. The maximum atomic E-state index is 12.1. The number of carbonyl (C=O) groups is 1. The number of amides is 1. The van der Waals surface area contributed by atoms with E-state index in [0.717, 1.165) is 6.42 Å². The van der Waals surface area contributed by atoms with Crippen LogP contribution in [0.3, 0.4) is 0 Å². The molecule has 1 rings (SSSR count). The van der Waals surface area contributed by atoms with Gasteiger partial charge < -0.3 is 15.8 Å². The van der Waals surface area contributed by atoms with E-state index in [4.69, 9.17) is 10.5 Å². The lowest BCUT2D eigenvalue weighted by Gasteiger charge is -2.18. The number of halogens is 1. The number of benzene rings is 1. The number of methoxy groups -OCH3 is 1. The number of hydrogen-bond donors (Lipinski definition) is 2. The minimum atomic E-state index is -0.579. The minimum absolute atomic E-state index is 0. The zero-order valence-corrected chi connectivity index (χ0v) is 13.7. The van der Waals surface area contributed by atoms with E-state index >= 15 is 0 Å². The van der Waals surface area contributed by atoms with Crippen molar-refractivity contribution in [3.8, 4) is 5.75 Å². The smallest absolute Gasteiger partial charge is 0.311 e. The molecule has 22 heavy (non-hydrogen) atoms. The second-order valence-corrected chi connectivity index (χ2v) is 5.18. The first-order valence-corrected chi connectivity index (χ1v) is 6.72. The van der Waals surface area contributed by atoms with Crippen molar-refractivity contribution in [3.05, 3.63) is 33.9 Å². The van der Waals surface area contributed by atoms with E-state index in [1.165, 1.54) is 25.3 Å². The van der Waals surface area contributed by atoms with Gasteiger partial charge in [0.05, 0.1) is 12.0 Å². The molecular weight excluding hydrogens is 310 g/mol. The molecule has 1 aromatic carbocycles. The van der Waals surface area contributed by atoms with Gasteiger partial charge in [-0.05, 0) is 24.5 Å². The molecule has 1 atom stereocenters. The summed E-state index contributed by atoms with van der Waals surface area (Å²) >= 11 is 0. The van der Waals surface area contributed by atoms with Crippen molar-refractivity contribution in [2.75, 3.05) is 13.7 Å². The zero-order chi connectivity index (χ0) is 16.0. The molecule has 0 radical (unpaired) electrons. The first kappa shape index (κ1) is 20.1. The van der Waals surface area contributed by atoms with Crippen LogP contribution in [0, 0.1) is 16.0 Å². The molecule has 0 aromatic heterocycles. The fourth-order valence-corrected chi connectivity index (χ4v) is 2.03. The predicted molar refractivity (Wildman–Crippen MR) is 86.7 cm³/mol. The van der Waals surface area contributed by atoms with Crippen molar-refractivity contribution >= 4 is 24.0 Å². The van der Waals surface area contributed by atoms with E-state index in [1.807, 2.05) is 13.8 Å². The van der Waals surface area contributed by atoms with Gasteiger partial charge in [0.2, 0.25) is 0 Å². The first-order chi connectivity index (χ1) is 9.88. The lowest BCUT2D eigenvalue weighted by atomic mass is 10.0. The number of nitrogens with two attached hydrogens (primary N) is 1. The van der Waals surface area contributed by atoms with Gasteiger partial charge in [0.15, 0.2) is 5.75 Å². The Morgan fingerprint density at radius 2 is 2.09 bits per heavy atom. The van der Waals surface area contributed by atoms with Crippen LogP contribution < -0.4 is 15.8 Å². The predicted octanol–water partition coefficient (Wildman–Crippen LogP) is 2.13. The largest absolute Gasteiger partial charge is 0.490 e. The summed E-state index contributed by atoms with van der Waals surface area (Å²) < 4.78 is 4.90. The molecule has 1 aromatic rings. The van der Waals surface area contributed by atoms with Gasteiger partial charge in [0.1, 0.15) is 0 Å². The molecule has 0 heterocycles. The van der Waals surface area contributed by atoms with Crippen LogP contribution in [0.5, 0.6) is 5.75 Å². The Morgan fingerprint density at radius 3 is 2.55 bits per heavy atom. The molecule has 0 bridgehead atoms. The number of rotatable bonds is 7. The highest BCUT2D eigenvalue weighted by Crippen LogP contribution is 2.27. The van der Waals surface area contributed by atoms with Gasteiger partial charge in [-0.25, -0.2) is 0 Å². The molecule has 3 N–H and O–H groups in total. The van der Waals surface area contributed by atoms with Gasteiger partial charge in [-0.2, -0.15) is 0 Å². The maximum Gasteiger partial charge on any atom is 0.311 e. The summed E-state index contributed by atoms with van der Waals surface area (Å²) in [5.41, 5.74) is 5.60. The molecule has 0 fully saturated rings. The molecule has 1 unspecified atom stereocenters. The fourth-order valence-electron chi connectivity index (χ4n) is 2.03. The molecule has 0 saturated heterocycles. The van der Waals surface area contributed by atoms with E-state index < -0.39 is 4.92 Å². The highest BCUT2D eigenvalue weighted by atomic mass is 35.5. The Balaban J connectivity index is 0.00000441. The number of ether oxygens (including phenoxy) is 1. The van der Waals surface area contributed by atoms with Crippen molar-refractivity contribution in [2.24, 2.45) is 11.7 Å². The zero-order valence-electron chi connectivity index (χ0n) is 12.9. The Bertz CT molecular complexity index is 523. The van der Waals surface area contributed by atoms with Crippen molar-refractivity contribution in [1.29, 1.82) is 0 Å². The number of carbonyl (C=O) groups excluding carboxylic acids is 1. The Kier molecular flexibility index (Phi) is 8.44. The van der Waals surface area contributed by atoms with Crippen molar-refractivity contribution < 1.29 is 14.5 Å². The van der Waals surface area contributed by atoms with Crippen LogP contribution in [-0.4, -0.2) is 30.5 Å². The van der Waals surface area contributed by atoms with Crippen LogP contribution >= 0.6 is 12.4 Å². The number of nitrogens with one attached hydrogen (secondary N) is 1. The van der Waals surface area contributed by atoms with Crippen LogP contribution in [-0.2, 0) is 0 Å². The summed E-state index contributed by atoms with van der Waals surface area (Å²) in [5.74, 6) is 0.134. The van der Waals surface area contributed by atoms with Crippen LogP contribution in [0.15, 0.2) is 18.2 Å². The van der Waals surface area contributed by atoms with Gasteiger partial charge in [-0.15, -0.1) is 12.4 Å². The SMILES string of the molecule is COc1ccc(C(=O)NC(CN)CC(C)C)cc1[N+](=O)[O-].Cl. The normalized spacial score (nSPS) is 11.5. The second-order valence-electron chi connectivity index (χ2n) is 5.18. The molecule has 0 aliphatic rings. The molecule has 8 heteroatoms. The molecule has 1 amide bonds. The van der Waals surface area contributed by atoms with Gasteiger partial charge in [-0.1, -0.05) is 13.8 Å². The third-order valence-corrected chi connectivity index (χ3v) is 3.01. The summed E-state index contributed by atoms with van der Waals surface area (Å²) in [7, 11) is 1.34. The number of hydrogen-bond acceptors (Lipinski definition) is 5. The molecular formula is C14H22ClN3O4. The second kappa shape index (κ2) is 9.22. The molecule has 0 aliphatic carbocycles. The molecule has 124 valence electrons. The Labute approximate surface area is 135 Å². The summed E-state index contributed by atoms with van der Waals surface area (Å²) in [6.45, 7) is 4.39. The Hall–Kier alpha value is -1.86. The lowest BCUT2D eigenvalue weighted by Crippen LogP contribution is -2.41. The van der Waals surface area contributed by atoms with Gasteiger partial charge in [-0.3, -0.25) is 14.9 Å². The highest BCUT2D eigenvalue weighted by Gasteiger charge is 2.20. The van der Waals surface area contributed by atoms with Crippen LogP contribution in [0.4, 0.5) is 5.69 Å². The van der Waals surface area contributed by atoms with Gasteiger partial charge in [0.25, 0.3) is 5.91 Å². The molecule has 7 nitrogen and oxygen atoms in total. The fraction of sp³-hybridized carbons (Fsp3) is 0.500. The number of nitro benzene ring substituents is 1. The van der Waals surface area contributed by atoms with E-state index in [0.29, 0.717) is 12.5 Å². The first-order valence-electron chi connectivity index (χ1n) is 6.72. The quantitative estimate of drug-likeness (QED) is 0.587. The average molecular weight is 332 g/mol. The monoisotopic (exact) mass is 331 g/mol. The average Bonchev–Trinajstić information content (AvgIpc) is 2.45. The van der Waals surface area contributed by atoms with E-state index in [2.05, 4.69) is 5.32 Å². The third-order valence-electron chi connectivity index (χ3n) is 3.01. The topological polar surface area (TPSA) is 107 Å². The minimum Gasteiger partial charge on any atom is -0.490 e. The van der Waals surface area contributed by atoms with Gasteiger partial charge >= 0.3 is 5.69 Å². The summed E-state index contributed by atoms with van der Waals surface area (Å²) in [6.07, 6.45) is 0.750. The van der Waals surface area contributed by atoms with Crippen LogP contribution in [0.2, 0.25) is 0 Å². The van der Waals surface area contributed by atoms with Crippen molar-refractivity contribution in [1.82, 2.24) is 5.32 Å². The molecule has 0 spiro atoms. The number of nitrogens with zero attached hydrogens (tertiary/aromatic N) is 1. The van der Waals surface area contributed by atoms with Crippen LogP contribution in [0.1, 0.15) is 30.6 Å². The highest BCUT2D eigenvalue weighted by molar-refractivity contribution is 5.95. The van der Waals surface area contributed by atoms with Crippen molar-refractivity contribution in [3.63, 3.8) is 0 Å². The summed E-state index contributed by atoms with van der Waals surface area (Å²) in [5, 5.41) is 13.7. The molecule has 0 aliphatic heterocycles. The van der Waals surface area contributed by atoms with E-state index in [9.17, 15) is 14.9 Å². The maximum absolute atomic E-state index is 12.1. The summed E-state index contributed by atoms with van der Waals surface area (Å²) in [4.78, 5) is 22.5. The third kappa shape index (κ3) is 5.50. The number of nitro groups is 1. The summed E-state index contributed by atoms with van der Waals surface area (Å²) in [6, 6.07) is 3.95. The van der Waals surface area contributed by atoms with Crippen molar-refractivity contribution in [2.45, 2.75) is 26.3 Å². The molecule has 0 saturated carbocycles.